The van der Waals surface area contributed by atoms with Crippen molar-refractivity contribution >= 4 is 41.6 Å². The van der Waals surface area contributed by atoms with E-state index in [4.69, 9.17) is 26.2 Å². The van der Waals surface area contributed by atoms with Gasteiger partial charge in [0.1, 0.15) is 0 Å². The van der Waals surface area contributed by atoms with Gasteiger partial charge in [-0.05, 0) is 25.2 Å². The van der Waals surface area contributed by atoms with Gasteiger partial charge in [-0.15, -0.1) is 0 Å². The molecule has 0 radical (unpaired) electrons. The summed E-state index contributed by atoms with van der Waals surface area (Å²) < 4.78 is 0. The van der Waals surface area contributed by atoms with Gasteiger partial charge in [0.15, 0.2) is 0 Å². The minimum Gasteiger partial charge on any atom is -0.480 e. The number of aliphatic carboxylic acids is 4. The number of nitrogens with zero attached hydrogens (tertiary/aromatic N) is 4. The highest BCUT2D eigenvalue weighted by Gasteiger charge is 2.29. The van der Waals surface area contributed by atoms with Gasteiger partial charge in [-0.25, -0.2) is 0 Å². The van der Waals surface area contributed by atoms with Crippen LogP contribution < -0.4 is 16.6 Å². The quantitative estimate of drug-likeness (QED) is 0.0685. The van der Waals surface area contributed by atoms with Crippen molar-refractivity contribution in [3.63, 3.8) is 0 Å². The Morgan fingerprint density at radius 2 is 1.09 bits per heavy atom. The number of carboxylic acids is 4. The second-order valence-electron chi connectivity index (χ2n) is 12.3. The average molecular weight is 672 g/mol. The van der Waals surface area contributed by atoms with E-state index in [1.807, 2.05) is 0 Å². The molecule has 1 heterocycles. The third kappa shape index (κ3) is 16.0. The number of hydrazine groups is 1. The van der Waals surface area contributed by atoms with Crippen molar-refractivity contribution in [3.8, 4) is 0 Å². The van der Waals surface area contributed by atoms with Crippen LogP contribution in [-0.2, 0) is 33.6 Å². The van der Waals surface area contributed by atoms with E-state index < -0.39 is 67.9 Å². The van der Waals surface area contributed by atoms with Gasteiger partial charge in [0.05, 0.1) is 38.8 Å². The lowest BCUT2D eigenvalue weighted by Gasteiger charge is -2.34. The Morgan fingerprint density at radius 3 is 1.53 bits per heavy atom. The van der Waals surface area contributed by atoms with Crippen LogP contribution in [0.4, 0.5) is 0 Å². The maximum absolute atomic E-state index is 13.2. The number of nitrogens with two attached hydrogens (primary N) is 1. The minimum absolute atomic E-state index is 0.0397. The first-order valence-electron chi connectivity index (χ1n) is 15.9. The molecule has 2 fully saturated rings. The zero-order valence-corrected chi connectivity index (χ0v) is 26.7. The fourth-order valence-corrected chi connectivity index (χ4v) is 5.92. The number of amides is 3. The van der Waals surface area contributed by atoms with Crippen molar-refractivity contribution < 1.29 is 54.0 Å². The van der Waals surface area contributed by atoms with Gasteiger partial charge in [-0.1, -0.05) is 32.1 Å². The molecule has 0 aromatic rings. The monoisotopic (exact) mass is 671 g/mol. The zero-order chi connectivity index (χ0) is 34.9. The third-order valence-corrected chi connectivity index (χ3v) is 8.44. The molecule has 0 aromatic carbocycles. The summed E-state index contributed by atoms with van der Waals surface area (Å²) in [4.78, 5) is 88.7. The Bertz CT molecular complexity index is 1020. The number of hydrogen-bond acceptors (Lipinski definition) is 11. The molecule has 18 heteroatoms. The van der Waals surface area contributed by atoms with E-state index in [0.717, 1.165) is 25.7 Å². The summed E-state index contributed by atoms with van der Waals surface area (Å²) in [6.45, 7) is -1.91. The summed E-state index contributed by atoms with van der Waals surface area (Å²) in [5.41, 5.74) is 10.9. The standard InChI is InChI=1S/C29H49N7O11/c30-22(14-20-4-2-1-3-5-20)29(47)32-31-28(46)21-6-8-36(9-7-21)23(37)15-33(10-12-34(16-24(38)39)17-25(40)41)11-13-35(18-26(42)43)19-27(44)45/h20-22H,1-19,30H2,(H,31,46)(H,32,47)(H,38,39)(H,40,41)(H,42,43)(H,44,45)/t22-/m1/s1. The summed E-state index contributed by atoms with van der Waals surface area (Å²) >= 11 is 0. The SMILES string of the molecule is N[C@H](CC1CCCCC1)C(=O)NNC(=O)C1CCN(C(=O)CN(CCN(CC(=O)O)CC(=O)O)CCN(CC(=O)O)CC(=O)O)CC1. The molecule has 0 unspecified atom stereocenters. The van der Waals surface area contributed by atoms with Gasteiger partial charge in [0.25, 0.3) is 5.91 Å². The Morgan fingerprint density at radius 1 is 0.638 bits per heavy atom. The molecule has 1 saturated heterocycles. The fraction of sp³-hybridized carbons (Fsp3) is 0.759. The van der Waals surface area contributed by atoms with Gasteiger partial charge < -0.3 is 31.1 Å². The van der Waals surface area contributed by atoms with E-state index in [2.05, 4.69) is 10.9 Å². The van der Waals surface area contributed by atoms with Crippen LogP contribution in [-0.4, -0.2) is 160 Å². The molecular weight excluding hydrogens is 622 g/mol. The largest absolute Gasteiger partial charge is 0.480 e. The van der Waals surface area contributed by atoms with Gasteiger partial charge in [-0.3, -0.25) is 59.1 Å². The summed E-state index contributed by atoms with van der Waals surface area (Å²) in [6, 6.07) is -0.721. The van der Waals surface area contributed by atoms with Crippen LogP contribution in [0.15, 0.2) is 0 Å². The van der Waals surface area contributed by atoms with E-state index in [0.29, 0.717) is 25.2 Å². The van der Waals surface area contributed by atoms with Crippen molar-refractivity contribution in [1.82, 2.24) is 30.5 Å². The molecule has 3 amide bonds. The van der Waals surface area contributed by atoms with Gasteiger partial charge in [0.2, 0.25) is 11.8 Å². The molecule has 8 N–H and O–H groups in total. The molecule has 2 rings (SSSR count). The lowest BCUT2D eigenvalue weighted by molar-refractivity contribution is -0.143. The van der Waals surface area contributed by atoms with Gasteiger partial charge in [-0.2, -0.15) is 0 Å². The van der Waals surface area contributed by atoms with E-state index >= 15 is 0 Å². The Labute approximate surface area is 273 Å². The summed E-state index contributed by atoms with van der Waals surface area (Å²) in [5.74, 6) is -6.16. The number of carbonyl (C=O) groups is 7. The lowest BCUT2D eigenvalue weighted by atomic mass is 9.85. The van der Waals surface area contributed by atoms with E-state index in [9.17, 15) is 33.6 Å². The molecule has 0 aromatic heterocycles. The maximum Gasteiger partial charge on any atom is 0.317 e. The second-order valence-corrected chi connectivity index (χ2v) is 12.3. The number of piperidine rings is 1. The zero-order valence-electron chi connectivity index (χ0n) is 26.7. The number of hydrogen-bond donors (Lipinski definition) is 7. The van der Waals surface area contributed by atoms with E-state index in [1.165, 1.54) is 16.2 Å². The molecule has 18 nitrogen and oxygen atoms in total. The molecule has 1 atom stereocenters. The van der Waals surface area contributed by atoms with Crippen LogP contribution in [0.5, 0.6) is 0 Å². The van der Waals surface area contributed by atoms with E-state index in [-0.39, 0.29) is 57.6 Å². The fourth-order valence-electron chi connectivity index (χ4n) is 5.92. The molecule has 47 heavy (non-hydrogen) atoms. The van der Waals surface area contributed by atoms with Crippen LogP contribution in [0.25, 0.3) is 0 Å². The lowest BCUT2D eigenvalue weighted by Crippen LogP contribution is -2.53. The molecule has 1 aliphatic carbocycles. The Kier molecular flexibility index (Phi) is 17.0. The molecule has 2 aliphatic rings. The maximum atomic E-state index is 13.2. The normalized spacial score (nSPS) is 16.6. The topological polar surface area (TPSA) is 263 Å². The first-order chi connectivity index (χ1) is 22.2. The Hall–Kier alpha value is -3.87. The number of rotatable bonds is 20. The van der Waals surface area contributed by atoms with Crippen molar-refractivity contribution in [3.05, 3.63) is 0 Å². The summed E-state index contributed by atoms with van der Waals surface area (Å²) in [6.07, 6.45) is 6.77. The number of carboxylic acid groups (broad SMARTS) is 4. The molecule has 266 valence electrons. The first-order valence-corrected chi connectivity index (χ1v) is 15.9. The van der Waals surface area contributed by atoms with Crippen molar-refractivity contribution in [2.45, 2.75) is 57.4 Å². The average Bonchev–Trinajstić information content (AvgIpc) is 3.00. The van der Waals surface area contributed by atoms with Gasteiger partial charge in [0, 0.05) is 45.2 Å². The predicted octanol–water partition coefficient (Wildman–Crippen LogP) is -2.09. The number of nitrogens with one attached hydrogen (secondary N) is 2. The first kappa shape index (κ1) is 39.3. The molecule has 0 bridgehead atoms. The molecule has 1 aliphatic heterocycles. The van der Waals surface area contributed by atoms with Crippen molar-refractivity contribution in [2.24, 2.45) is 17.6 Å². The van der Waals surface area contributed by atoms with Crippen molar-refractivity contribution in [1.29, 1.82) is 0 Å². The van der Waals surface area contributed by atoms with Crippen LogP contribution >= 0.6 is 0 Å². The second kappa shape index (κ2) is 20.4. The van der Waals surface area contributed by atoms with Crippen LogP contribution in [0.1, 0.15) is 51.4 Å². The minimum atomic E-state index is -1.24. The third-order valence-electron chi connectivity index (χ3n) is 8.44. The smallest absolute Gasteiger partial charge is 0.317 e. The highest BCUT2D eigenvalue weighted by molar-refractivity contribution is 5.86. The van der Waals surface area contributed by atoms with Crippen molar-refractivity contribution in [2.75, 3.05) is 72.0 Å². The van der Waals surface area contributed by atoms with E-state index in [1.54, 1.807) is 9.80 Å². The number of likely N-dealkylation sites (tertiary alicyclic amines) is 1. The number of carbonyl (C=O) groups excluding carboxylic acids is 3. The highest BCUT2D eigenvalue weighted by Crippen LogP contribution is 2.27. The molecule has 0 spiro atoms. The van der Waals surface area contributed by atoms with Crippen LogP contribution in [0.2, 0.25) is 0 Å². The molecular formula is C29H49N7O11. The predicted molar refractivity (Wildman–Crippen MR) is 165 cm³/mol. The summed E-state index contributed by atoms with van der Waals surface area (Å²) in [7, 11) is 0. The molecule has 1 saturated carbocycles. The van der Waals surface area contributed by atoms with Crippen LogP contribution in [0, 0.1) is 11.8 Å². The van der Waals surface area contributed by atoms with Gasteiger partial charge >= 0.3 is 23.9 Å². The van der Waals surface area contributed by atoms with Crippen LogP contribution in [0.3, 0.4) is 0 Å². The Balaban J connectivity index is 1.92. The highest BCUT2D eigenvalue weighted by atomic mass is 16.4. The summed E-state index contributed by atoms with van der Waals surface area (Å²) in [5, 5.41) is 36.6.